The molecule has 0 saturated heterocycles. The van der Waals surface area contributed by atoms with Gasteiger partial charge >= 0.3 is 0 Å². The van der Waals surface area contributed by atoms with Crippen molar-refractivity contribution in [1.82, 2.24) is 14.9 Å². The van der Waals surface area contributed by atoms with E-state index in [4.69, 9.17) is 4.74 Å². The minimum atomic E-state index is -0.108. The van der Waals surface area contributed by atoms with Crippen molar-refractivity contribution < 1.29 is 4.74 Å². The molecule has 0 bridgehead atoms. The van der Waals surface area contributed by atoms with Crippen LogP contribution < -0.4 is 15.6 Å². The summed E-state index contributed by atoms with van der Waals surface area (Å²) in [5.41, 5.74) is 5.51. The summed E-state index contributed by atoms with van der Waals surface area (Å²) < 4.78 is 7.41. The number of H-pyrrole nitrogens is 1. The topological polar surface area (TPSA) is 59.0 Å². The van der Waals surface area contributed by atoms with Gasteiger partial charge in [0.15, 0.2) is 0 Å². The zero-order chi connectivity index (χ0) is 18.9. The fourth-order valence-electron chi connectivity index (χ4n) is 3.82. The van der Waals surface area contributed by atoms with Gasteiger partial charge in [-0.3, -0.25) is 9.36 Å². The number of fused-ring (bicyclic) bond motifs is 3. The summed E-state index contributed by atoms with van der Waals surface area (Å²) in [6.07, 6.45) is 2.80. The van der Waals surface area contributed by atoms with E-state index in [1.165, 1.54) is 22.7 Å². The maximum absolute atomic E-state index is 12.6. The molecule has 5 heteroatoms. The van der Waals surface area contributed by atoms with Gasteiger partial charge in [-0.05, 0) is 42.3 Å². The molecule has 0 amide bonds. The lowest BCUT2D eigenvalue weighted by atomic mass is 10.0. The van der Waals surface area contributed by atoms with Gasteiger partial charge in [-0.25, -0.2) is 0 Å². The molecule has 2 aromatic carbocycles. The smallest absolute Gasteiger partial charge is 0.258 e. The van der Waals surface area contributed by atoms with Crippen LogP contribution in [-0.2, 0) is 19.6 Å². The number of ether oxygens (including phenoxy) is 1. The highest BCUT2D eigenvalue weighted by Crippen LogP contribution is 2.26. The number of hydrogen-bond donors (Lipinski definition) is 2. The highest BCUT2D eigenvalue weighted by atomic mass is 16.5. The molecule has 1 aliphatic rings. The number of pyridine rings is 1. The van der Waals surface area contributed by atoms with Gasteiger partial charge in [-0.15, -0.1) is 0 Å². The molecule has 1 aliphatic heterocycles. The number of benzene rings is 2. The number of aromatic nitrogens is 2. The molecule has 0 aliphatic carbocycles. The third-order valence-corrected chi connectivity index (χ3v) is 5.25. The van der Waals surface area contributed by atoms with Crippen molar-refractivity contribution in [2.45, 2.75) is 19.6 Å². The normalized spacial score (nSPS) is 13.4. The SMILES string of the molecule is O=c1cc(OCc2ccccc2)ccn1-c1ccc2c3c([nH]c2c1)CNCC3. The molecule has 5 rings (SSSR count). The molecule has 3 heterocycles. The summed E-state index contributed by atoms with van der Waals surface area (Å²) in [5.74, 6) is 0.576. The van der Waals surface area contributed by atoms with Gasteiger partial charge in [-0.2, -0.15) is 0 Å². The van der Waals surface area contributed by atoms with E-state index in [1.807, 2.05) is 48.5 Å². The first-order valence-corrected chi connectivity index (χ1v) is 9.52. The highest BCUT2D eigenvalue weighted by molar-refractivity contribution is 5.86. The molecule has 0 saturated carbocycles. The maximum atomic E-state index is 12.6. The standard InChI is InChI=1S/C23H21N3O2/c27-23-13-18(28-15-16-4-2-1-3-5-16)9-11-26(23)17-6-7-19-20-8-10-24-14-22(20)25-21(19)12-17/h1-7,9,11-13,24-25H,8,10,14-15H2. The summed E-state index contributed by atoms with van der Waals surface area (Å²) in [6.45, 7) is 2.32. The van der Waals surface area contributed by atoms with Crippen molar-refractivity contribution in [3.05, 3.63) is 94.0 Å². The third-order valence-electron chi connectivity index (χ3n) is 5.25. The van der Waals surface area contributed by atoms with Crippen LogP contribution in [0.15, 0.2) is 71.7 Å². The van der Waals surface area contributed by atoms with Crippen LogP contribution in [0.25, 0.3) is 16.6 Å². The lowest BCUT2D eigenvalue weighted by Gasteiger charge is -2.12. The Kier molecular flexibility index (Phi) is 4.22. The average Bonchev–Trinajstić information content (AvgIpc) is 3.11. The quantitative estimate of drug-likeness (QED) is 0.577. The van der Waals surface area contributed by atoms with Crippen LogP contribution in [0, 0.1) is 0 Å². The van der Waals surface area contributed by atoms with E-state index < -0.39 is 0 Å². The molecule has 4 aromatic rings. The van der Waals surface area contributed by atoms with E-state index in [9.17, 15) is 4.79 Å². The van der Waals surface area contributed by atoms with Crippen LogP contribution in [-0.4, -0.2) is 16.1 Å². The average molecular weight is 371 g/mol. The Balaban J connectivity index is 1.42. The molecule has 2 aromatic heterocycles. The van der Waals surface area contributed by atoms with Crippen molar-refractivity contribution in [1.29, 1.82) is 0 Å². The Morgan fingerprint density at radius 2 is 1.93 bits per heavy atom. The second kappa shape index (κ2) is 7.02. The molecule has 0 radical (unpaired) electrons. The molecule has 28 heavy (non-hydrogen) atoms. The van der Waals surface area contributed by atoms with Crippen LogP contribution in [0.3, 0.4) is 0 Å². The third kappa shape index (κ3) is 3.10. The van der Waals surface area contributed by atoms with Gasteiger partial charge in [0.2, 0.25) is 0 Å². The molecule has 0 unspecified atom stereocenters. The van der Waals surface area contributed by atoms with Crippen molar-refractivity contribution in [3.63, 3.8) is 0 Å². The number of hydrogen-bond acceptors (Lipinski definition) is 3. The van der Waals surface area contributed by atoms with Crippen LogP contribution in [0.1, 0.15) is 16.8 Å². The number of nitrogens with zero attached hydrogens (tertiary/aromatic N) is 1. The second-order valence-corrected chi connectivity index (χ2v) is 7.08. The molecular formula is C23H21N3O2. The Hall–Kier alpha value is -3.31. The fraction of sp³-hybridized carbons (Fsp3) is 0.174. The monoisotopic (exact) mass is 371 g/mol. The van der Waals surface area contributed by atoms with E-state index in [2.05, 4.69) is 16.4 Å². The van der Waals surface area contributed by atoms with Gasteiger partial charge < -0.3 is 15.0 Å². The van der Waals surface area contributed by atoms with Crippen LogP contribution in [0.4, 0.5) is 0 Å². The first-order chi connectivity index (χ1) is 13.8. The predicted molar refractivity (Wildman–Crippen MR) is 110 cm³/mol. The zero-order valence-corrected chi connectivity index (χ0v) is 15.4. The fourth-order valence-corrected chi connectivity index (χ4v) is 3.82. The van der Waals surface area contributed by atoms with Crippen LogP contribution in [0.2, 0.25) is 0 Å². The minimum absolute atomic E-state index is 0.108. The Bertz CT molecular complexity index is 1190. The summed E-state index contributed by atoms with van der Waals surface area (Å²) in [4.78, 5) is 16.1. The van der Waals surface area contributed by atoms with E-state index in [0.717, 1.165) is 36.3 Å². The van der Waals surface area contributed by atoms with Gasteiger partial charge in [0, 0.05) is 35.4 Å². The predicted octanol–water partition coefficient (Wildman–Crippen LogP) is 3.54. The molecule has 0 fully saturated rings. The summed E-state index contributed by atoms with van der Waals surface area (Å²) in [7, 11) is 0. The number of aromatic amines is 1. The van der Waals surface area contributed by atoms with Crippen molar-refractivity contribution >= 4 is 10.9 Å². The molecule has 5 nitrogen and oxygen atoms in total. The van der Waals surface area contributed by atoms with E-state index in [0.29, 0.717) is 12.4 Å². The molecule has 140 valence electrons. The number of rotatable bonds is 4. The summed E-state index contributed by atoms with van der Waals surface area (Å²) >= 11 is 0. The van der Waals surface area contributed by atoms with Gasteiger partial charge in [0.25, 0.3) is 5.56 Å². The first-order valence-electron chi connectivity index (χ1n) is 9.52. The molecule has 0 spiro atoms. The zero-order valence-electron chi connectivity index (χ0n) is 15.4. The summed E-state index contributed by atoms with van der Waals surface area (Å²) in [6, 6.07) is 19.4. The molecule has 2 N–H and O–H groups in total. The second-order valence-electron chi connectivity index (χ2n) is 7.08. The minimum Gasteiger partial charge on any atom is -0.489 e. The Morgan fingerprint density at radius 3 is 2.79 bits per heavy atom. The van der Waals surface area contributed by atoms with Gasteiger partial charge in [0.1, 0.15) is 12.4 Å². The van der Waals surface area contributed by atoms with E-state index in [-0.39, 0.29) is 5.56 Å². The lowest BCUT2D eigenvalue weighted by molar-refractivity contribution is 0.305. The van der Waals surface area contributed by atoms with Crippen molar-refractivity contribution in [2.24, 2.45) is 0 Å². The molecular weight excluding hydrogens is 350 g/mol. The number of nitrogens with one attached hydrogen (secondary N) is 2. The highest BCUT2D eigenvalue weighted by Gasteiger charge is 2.15. The Labute approximate surface area is 162 Å². The Morgan fingerprint density at radius 1 is 1.04 bits per heavy atom. The molecule has 0 atom stereocenters. The van der Waals surface area contributed by atoms with Crippen LogP contribution in [0.5, 0.6) is 5.75 Å². The maximum Gasteiger partial charge on any atom is 0.258 e. The van der Waals surface area contributed by atoms with E-state index in [1.54, 1.807) is 10.8 Å². The van der Waals surface area contributed by atoms with Crippen molar-refractivity contribution in [2.75, 3.05) is 6.54 Å². The van der Waals surface area contributed by atoms with Crippen LogP contribution >= 0.6 is 0 Å². The lowest BCUT2D eigenvalue weighted by Crippen LogP contribution is -2.22. The largest absolute Gasteiger partial charge is 0.489 e. The van der Waals surface area contributed by atoms with Gasteiger partial charge in [-0.1, -0.05) is 36.4 Å². The first kappa shape index (κ1) is 16.8. The summed E-state index contributed by atoms with van der Waals surface area (Å²) in [5, 5.41) is 4.63. The van der Waals surface area contributed by atoms with E-state index >= 15 is 0 Å². The van der Waals surface area contributed by atoms with Gasteiger partial charge in [0.05, 0.1) is 5.69 Å². The van der Waals surface area contributed by atoms with Crippen molar-refractivity contribution in [3.8, 4) is 11.4 Å².